The van der Waals surface area contributed by atoms with Crippen LogP contribution < -0.4 is 0 Å². The molecule has 3 heterocycles. The van der Waals surface area contributed by atoms with Crippen LogP contribution in [0, 0.1) is 56.7 Å². The molecule has 10 N–H and O–H groups in total. The fraction of sp³-hybridized carbons (Fsp3) is 0.979. The summed E-state index contributed by atoms with van der Waals surface area (Å²) in [6.07, 6.45) is -15.2. The maximum atomic E-state index is 15.2. The van der Waals surface area contributed by atoms with E-state index in [0.29, 0.717) is 25.7 Å². The van der Waals surface area contributed by atoms with Gasteiger partial charge >= 0.3 is 0 Å². The Hall–Kier alpha value is -0.970. The van der Waals surface area contributed by atoms with Gasteiger partial charge in [0.1, 0.15) is 66.8 Å². The molecule has 8 fully saturated rings. The Morgan fingerprint density at radius 2 is 1.28 bits per heavy atom. The summed E-state index contributed by atoms with van der Waals surface area (Å²) in [5.41, 5.74) is -3.22. The monoisotopic (exact) mass is 915 g/mol. The van der Waals surface area contributed by atoms with Gasteiger partial charge in [0, 0.05) is 17.8 Å². The molecule has 0 aromatic heterocycles. The largest absolute Gasteiger partial charge is 0.394 e. The SMILES string of the molecule is C[C@@H]1O[C@@H](O[C@H]2[C@H](O[C@H]3CC[C@]4(C)[C@H]5CC[C@@H]6[C@@]7(C)CC[C@@H](C(C)(C)O[C@@H]8O[C@H](CO)[C@@H](O)[C@H](O)[C@H]8O)[C@@H]7[C@@H](O)C[C@@]6(C)[C@]5(C)CC(=O)[C@H]4C3(C)C)OC[C@@H](O)[C@@H]2O)[C@H](O)[C@H](O)[C@H]1O. The average Bonchev–Trinajstić information content (AvgIpc) is 3.59. The number of aliphatic hydroxyl groups excluding tert-OH is 10. The van der Waals surface area contributed by atoms with Gasteiger partial charge in [0.2, 0.25) is 0 Å². The molecule has 0 aromatic rings. The van der Waals surface area contributed by atoms with Crippen molar-refractivity contribution in [2.75, 3.05) is 13.2 Å². The van der Waals surface area contributed by atoms with E-state index in [1.54, 1.807) is 0 Å². The van der Waals surface area contributed by atoms with Crippen molar-refractivity contribution in [1.29, 1.82) is 0 Å². The lowest BCUT2D eigenvalue weighted by atomic mass is 9.31. The normalized spacial score (nSPS) is 56.4. The highest BCUT2D eigenvalue weighted by molar-refractivity contribution is 5.85. The first-order chi connectivity index (χ1) is 29.7. The van der Waals surface area contributed by atoms with E-state index in [0.717, 1.165) is 25.7 Å². The smallest absolute Gasteiger partial charge is 0.187 e. The summed E-state index contributed by atoms with van der Waals surface area (Å²) in [6, 6.07) is 0. The quantitative estimate of drug-likeness (QED) is 0.149. The lowest BCUT2D eigenvalue weighted by molar-refractivity contribution is -0.364. The molecule has 0 aromatic carbocycles. The third-order valence-corrected chi connectivity index (χ3v) is 19.4. The summed E-state index contributed by atoms with van der Waals surface area (Å²) < 4.78 is 36.6. The van der Waals surface area contributed by atoms with E-state index in [2.05, 4.69) is 27.7 Å². The fourth-order valence-electron chi connectivity index (χ4n) is 16.2. The van der Waals surface area contributed by atoms with Crippen LogP contribution >= 0.6 is 0 Å². The van der Waals surface area contributed by atoms with Crippen LogP contribution in [0.25, 0.3) is 0 Å². The van der Waals surface area contributed by atoms with Gasteiger partial charge in [0.15, 0.2) is 18.9 Å². The second-order valence-electron chi connectivity index (χ2n) is 23.5. The van der Waals surface area contributed by atoms with Crippen molar-refractivity contribution in [3.63, 3.8) is 0 Å². The van der Waals surface area contributed by atoms with Crippen molar-refractivity contribution in [2.45, 2.75) is 218 Å². The van der Waals surface area contributed by atoms with Gasteiger partial charge in [-0.3, -0.25) is 4.79 Å². The fourth-order valence-corrected chi connectivity index (χ4v) is 16.2. The van der Waals surface area contributed by atoms with Gasteiger partial charge in [-0.15, -0.1) is 0 Å². The second-order valence-corrected chi connectivity index (χ2v) is 23.5. The zero-order chi connectivity index (χ0) is 47.0. The van der Waals surface area contributed by atoms with Crippen LogP contribution in [0.15, 0.2) is 0 Å². The third kappa shape index (κ3) is 7.35. The molecule has 5 saturated carbocycles. The van der Waals surface area contributed by atoms with Crippen molar-refractivity contribution in [3.05, 3.63) is 0 Å². The molecule has 0 unspecified atom stereocenters. The molecule has 0 spiro atoms. The standard InChI is InChI=1S/C47H78O17/c1-20-30(52)33(55)35(57)39(60-20)63-37-31(53)24(51)19-59-41(37)62-28-13-15-45(7)27-11-10-26-44(6)14-12-21(43(4,5)64-40-36(58)34(56)32(54)25(18-48)61-40)29(44)22(49)16-46(26,8)47(27,9)17-23(50)38(45)42(28,2)3/h20-22,24-41,48-49,51-58H,10-19H2,1-9H3/t20-,21+,22-,24+,25+,26+,27+,28-,29+,30-,31-,32+,33+,34-,35+,36+,37+,38-,39-,40-,41-,44+,45+,46+,47+/m0/s1. The van der Waals surface area contributed by atoms with Crippen LogP contribution in [-0.4, -0.2) is 174 Å². The third-order valence-electron chi connectivity index (χ3n) is 19.4. The molecule has 25 atom stereocenters. The molecule has 0 bridgehead atoms. The lowest BCUT2D eigenvalue weighted by Gasteiger charge is -2.73. The maximum Gasteiger partial charge on any atom is 0.187 e. The highest BCUT2D eigenvalue weighted by Crippen LogP contribution is 2.78. The van der Waals surface area contributed by atoms with Crippen molar-refractivity contribution in [2.24, 2.45) is 56.7 Å². The summed E-state index contributed by atoms with van der Waals surface area (Å²) in [7, 11) is 0. The molecule has 368 valence electrons. The number of carbonyl (C=O) groups excluding carboxylic acids is 1. The van der Waals surface area contributed by atoms with Crippen LogP contribution in [0.3, 0.4) is 0 Å². The van der Waals surface area contributed by atoms with Crippen molar-refractivity contribution < 1.29 is 84.3 Å². The van der Waals surface area contributed by atoms with Crippen LogP contribution in [0.2, 0.25) is 0 Å². The minimum Gasteiger partial charge on any atom is -0.394 e. The summed E-state index contributed by atoms with van der Waals surface area (Å²) in [4.78, 5) is 15.2. The van der Waals surface area contributed by atoms with Crippen LogP contribution in [0.4, 0.5) is 0 Å². The minimum absolute atomic E-state index is 0.146. The number of Topliss-reactive ketones (excluding diaryl/α,β-unsaturated/α-hetero) is 1. The number of rotatable bonds is 8. The molecule has 0 radical (unpaired) electrons. The highest BCUT2D eigenvalue weighted by atomic mass is 16.8. The van der Waals surface area contributed by atoms with E-state index in [-0.39, 0.29) is 41.5 Å². The molecule has 17 heteroatoms. The van der Waals surface area contributed by atoms with Crippen LogP contribution in [-0.2, 0) is 33.2 Å². The van der Waals surface area contributed by atoms with Gasteiger partial charge in [-0.05, 0) is 111 Å². The second kappa shape index (κ2) is 16.9. The van der Waals surface area contributed by atoms with Gasteiger partial charge in [0.05, 0.1) is 37.1 Å². The van der Waals surface area contributed by atoms with E-state index in [1.807, 2.05) is 27.7 Å². The zero-order valence-corrected chi connectivity index (χ0v) is 39.0. The Morgan fingerprint density at radius 1 is 0.672 bits per heavy atom. The molecule has 64 heavy (non-hydrogen) atoms. The van der Waals surface area contributed by atoms with Crippen molar-refractivity contribution >= 4 is 5.78 Å². The molecule has 0 amide bonds. The number of hydrogen-bond donors (Lipinski definition) is 10. The Bertz CT molecular complexity index is 1710. The van der Waals surface area contributed by atoms with Gasteiger partial charge in [-0.2, -0.15) is 0 Å². The van der Waals surface area contributed by atoms with E-state index in [4.69, 9.17) is 28.4 Å². The first kappa shape index (κ1) is 49.5. The lowest BCUT2D eigenvalue weighted by Crippen LogP contribution is -2.71. The topological polar surface area (TPSA) is 275 Å². The number of fused-ring (bicyclic) bond motifs is 7. The number of ether oxygens (including phenoxy) is 6. The van der Waals surface area contributed by atoms with E-state index < -0.39 is 138 Å². The van der Waals surface area contributed by atoms with E-state index in [9.17, 15) is 51.1 Å². The molecular formula is C47H78O17. The summed E-state index contributed by atoms with van der Waals surface area (Å²) in [5.74, 6) is -0.231. The molecule has 17 nitrogen and oxygen atoms in total. The first-order valence-electron chi connectivity index (χ1n) is 23.9. The van der Waals surface area contributed by atoms with E-state index >= 15 is 4.79 Å². The van der Waals surface area contributed by atoms with Crippen molar-refractivity contribution in [3.8, 4) is 0 Å². The van der Waals surface area contributed by atoms with Gasteiger partial charge in [-0.25, -0.2) is 0 Å². The Morgan fingerprint density at radius 3 is 1.94 bits per heavy atom. The summed E-state index contributed by atoms with van der Waals surface area (Å²) in [5, 5.41) is 107. The predicted octanol–water partition coefficient (Wildman–Crippen LogP) is 0.509. The van der Waals surface area contributed by atoms with Crippen LogP contribution in [0.5, 0.6) is 0 Å². The Kier molecular flexibility index (Phi) is 13.0. The van der Waals surface area contributed by atoms with Crippen molar-refractivity contribution in [1.82, 2.24) is 0 Å². The molecular weight excluding hydrogens is 836 g/mol. The highest BCUT2D eigenvalue weighted by Gasteiger charge is 2.74. The molecule has 8 aliphatic rings. The van der Waals surface area contributed by atoms with Gasteiger partial charge in [-0.1, -0.05) is 41.5 Å². The number of hydrogen-bond acceptors (Lipinski definition) is 17. The van der Waals surface area contributed by atoms with Crippen LogP contribution in [0.1, 0.15) is 114 Å². The molecule has 3 aliphatic heterocycles. The van der Waals surface area contributed by atoms with E-state index in [1.165, 1.54) is 6.92 Å². The number of carbonyl (C=O) groups is 1. The summed E-state index contributed by atoms with van der Waals surface area (Å²) in [6.45, 7) is 17.8. The zero-order valence-electron chi connectivity index (χ0n) is 39.0. The number of ketones is 1. The first-order valence-corrected chi connectivity index (χ1v) is 23.9. The molecule has 5 aliphatic carbocycles. The Balaban J connectivity index is 1.01. The molecule has 3 saturated heterocycles. The molecule has 8 rings (SSSR count). The van der Waals surface area contributed by atoms with Gasteiger partial charge < -0.3 is 79.5 Å². The van der Waals surface area contributed by atoms with Gasteiger partial charge in [0.25, 0.3) is 0 Å². The number of aliphatic hydroxyl groups is 10. The average molecular weight is 915 g/mol. The summed E-state index contributed by atoms with van der Waals surface area (Å²) >= 11 is 0. The maximum absolute atomic E-state index is 15.2. The Labute approximate surface area is 376 Å². The minimum atomic E-state index is -1.66. The predicted molar refractivity (Wildman–Crippen MR) is 224 cm³/mol.